The first-order chi connectivity index (χ1) is 15.6. The first kappa shape index (κ1) is 18.5. The van der Waals surface area contributed by atoms with Gasteiger partial charge in [-0.1, -0.05) is 6.42 Å². The molecule has 0 radical (unpaired) electrons. The Balaban J connectivity index is 1.39. The fourth-order valence-corrected chi connectivity index (χ4v) is 4.89. The topological polar surface area (TPSA) is 78.3 Å². The summed E-state index contributed by atoms with van der Waals surface area (Å²) in [7, 11) is 1.89. The van der Waals surface area contributed by atoms with Gasteiger partial charge in [-0.15, -0.1) is 0 Å². The lowest BCUT2D eigenvalue weighted by Gasteiger charge is -2.54. The van der Waals surface area contributed by atoms with Crippen molar-refractivity contribution in [2.45, 2.75) is 18.5 Å². The predicted molar refractivity (Wildman–Crippen MR) is 120 cm³/mol. The summed E-state index contributed by atoms with van der Waals surface area (Å²) in [5.41, 5.74) is 5.13. The summed E-state index contributed by atoms with van der Waals surface area (Å²) in [5.74, 6) is 0.952. The second-order valence-corrected chi connectivity index (χ2v) is 8.40. The summed E-state index contributed by atoms with van der Waals surface area (Å²) in [4.78, 5) is 9.19. The number of piperidine rings is 1. The highest BCUT2D eigenvalue weighted by molar-refractivity contribution is 5.87. The van der Waals surface area contributed by atoms with E-state index in [0.717, 1.165) is 53.1 Å². The summed E-state index contributed by atoms with van der Waals surface area (Å²) in [5, 5.41) is 18.3. The van der Waals surface area contributed by atoms with Gasteiger partial charge < -0.3 is 9.80 Å². The van der Waals surface area contributed by atoms with E-state index in [1.807, 2.05) is 31.8 Å². The molecule has 0 N–H and O–H groups in total. The quantitative estimate of drug-likeness (QED) is 0.474. The lowest BCUT2D eigenvalue weighted by atomic mass is 9.88. The molecule has 7 heterocycles. The molecule has 0 aliphatic carbocycles. The monoisotopic (exact) mass is 420 g/mol. The summed E-state index contributed by atoms with van der Waals surface area (Å²) >= 11 is 0. The summed E-state index contributed by atoms with van der Waals surface area (Å²) < 4.78 is 3.53. The molecule has 3 aliphatic rings. The highest BCUT2D eigenvalue weighted by Crippen LogP contribution is 2.35. The molecule has 3 fully saturated rings. The molecule has 2 atom stereocenters. The van der Waals surface area contributed by atoms with Crippen LogP contribution in [0.2, 0.25) is 0 Å². The molecule has 0 aromatic carbocycles. The smallest absolute Gasteiger partial charge is 0.128 e. The molecule has 4 aromatic rings. The van der Waals surface area contributed by atoms with Gasteiger partial charge in [-0.05, 0) is 24.6 Å². The molecule has 2 unspecified atom stereocenters. The predicted octanol–water partition coefficient (Wildman–Crippen LogP) is 2.52. The van der Waals surface area contributed by atoms with E-state index >= 15 is 0 Å². The van der Waals surface area contributed by atoms with Gasteiger partial charge in [0.05, 0.1) is 35.6 Å². The van der Waals surface area contributed by atoms with Gasteiger partial charge in [0.1, 0.15) is 11.9 Å². The normalized spacial score (nSPS) is 19.5. The van der Waals surface area contributed by atoms with E-state index in [0.29, 0.717) is 17.6 Å². The van der Waals surface area contributed by atoms with Crippen molar-refractivity contribution in [3.05, 3.63) is 54.7 Å². The number of hydrogen-bond acceptors (Lipinski definition) is 6. The Labute approximate surface area is 185 Å². The van der Waals surface area contributed by atoms with Crippen LogP contribution in [-0.2, 0) is 7.05 Å². The van der Waals surface area contributed by atoms with Gasteiger partial charge in [-0.25, -0.2) is 9.50 Å². The van der Waals surface area contributed by atoms with Gasteiger partial charge in [0, 0.05) is 67.0 Å². The molecule has 8 nitrogen and oxygen atoms in total. The van der Waals surface area contributed by atoms with Crippen molar-refractivity contribution in [1.82, 2.24) is 29.3 Å². The van der Waals surface area contributed by atoms with E-state index in [-0.39, 0.29) is 0 Å². The van der Waals surface area contributed by atoms with Crippen molar-refractivity contribution < 1.29 is 0 Å². The number of aryl methyl sites for hydroxylation is 1. The Kier molecular flexibility index (Phi) is 3.96. The van der Waals surface area contributed by atoms with E-state index in [1.165, 1.54) is 0 Å². The van der Waals surface area contributed by atoms with Crippen LogP contribution in [0.3, 0.4) is 0 Å². The molecule has 0 amide bonds. The molecule has 32 heavy (non-hydrogen) atoms. The summed E-state index contributed by atoms with van der Waals surface area (Å²) in [6.07, 6.45) is 16.0. The number of nitrogens with zero attached hydrogens (tertiary/aromatic N) is 8. The van der Waals surface area contributed by atoms with Crippen LogP contribution in [0.5, 0.6) is 0 Å². The Morgan fingerprint density at radius 3 is 2.53 bits per heavy atom. The molecule has 4 aromatic heterocycles. The van der Waals surface area contributed by atoms with Crippen molar-refractivity contribution >= 4 is 11.3 Å². The number of fused-ring (bicyclic) bond motifs is 3. The van der Waals surface area contributed by atoms with Crippen LogP contribution in [0, 0.1) is 23.8 Å². The third kappa shape index (κ3) is 2.74. The van der Waals surface area contributed by atoms with E-state index in [1.54, 1.807) is 15.4 Å². The fraction of sp³-hybridized carbons (Fsp3) is 0.250. The molecule has 7 rings (SSSR count). The Morgan fingerprint density at radius 2 is 1.88 bits per heavy atom. The number of rotatable bonds is 3. The molecule has 3 aliphatic heterocycles. The molecule has 2 bridgehead atoms. The van der Waals surface area contributed by atoms with Crippen molar-refractivity contribution in [2.75, 3.05) is 18.0 Å². The number of terminal acetylenes is 1. The largest absolute Gasteiger partial charge is 0.352 e. The maximum Gasteiger partial charge on any atom is 0.128 e. The first-order valence-electron chi connectivity index (χ1n) is 10.5. The average Bonchev–Trinajstić information content (AvgIpc) is 3.45. The van der Waals surface area contributed by atoms with Gasteiger partial charge in [0.25, 0.3) is 0 Å². The summed E-state index contributed by atoms with van der Waals surface area (Å²) in [6, 6.07) is 12.1. The van der Waals surface area contributed by atoms with Gasteiger partial charge in [0.15, 0.2) is 0 Å². The molecule has 0 spiro atoms. The third-order valence-electron chi connectivity index (χ3n) is 6.50. The molecule has 3 saturated heterocycles. The highest BCUT2D eigenvalue weighted by Gasteiger charge is 2.43. The van der Waals surface area contributed by atoms with E-state index in [4.69, 9.17) is 11.4 Å². The van der Waals surface area contributed by atoms with Crippen LogP contribution < -0.4 is 4.90 Å². The zero-order valence-corrected chi connectivity index (χ0v) is 17.5. The Bertz CT molecular complexity index is 1400. The Morgan fingerprint density at radius 1 is 1.03 bits per heavy atom. The van der Waals surface area contributed by atoms with Gasteiger partial charge >= 0.3 is 0 Å². The summed E-state index contributed by atoms with van der Waals surface area (Å²) in [6.45, 7) is 1.80. The minimum absolute atomic E-state index is 0.418. The molecule has 0 saturated carbocycles. The number of hydrogen-bond donors (Lipinski definition) is 0. The lowest BCUT2D eigenvalue weighted by molar-refractivity contribution is 0.0608. The molecule has 8 heteroatoms. The lowest BCUT2D eigenvalue weighted by Crippen LogP contribution is -2.67. The first-order valence-corrected chi connectivity index (χ1v) is 10.5. The zero-order valence-electron chi connectivity index (χ0n) is 17.5. The average molecular weight is 420 g/mol. The maximum absolute atomic E-state index is 9.61. The zero-order chi connectivity index (χ0) is 21.8. The van der Waals surface area contributed by atoms with Crippen LogP contribution >= 0.6 is 0 Å². The SMILES string of the molecule is C#CN1C2CC1CN(c1ccc(-c3cc(-c4cnn(C)c4)cn4ncc(C#N)c34)cn1)C2. The van der Waals surface area contributed by atoms with E-state index < -0.39 is 0 Å². The molecular formula is C24H20N8. The standard InChI is InChI=1S/C24H20N8/c1-3-31-20-7-21(31)15-30(14-20)23-5-4-16(9-26-23)22-6-17(19-11-27-29(2)12-19)13-32-24(22)18(8-25)10-28-32/h1,4-6,9-13,20-21H,7,14-15H2,2H3. The second-order valence-electron chi connectivity index (χ2n) is 8.40. The van der Waals surface area contributed by atoms with Gasteiger partial charge in [0.2, 0.25) is 0 Å². The van der Waals surface area contributed by atoms with Crippen molar-refractivity contribution in [3.8, 4) is 40.8 Å². The Hall–Kier alpha value is -4.30. The second kappa shape index (κ2) is 6.86. The van der Waals surface area contributed by atoms with Crippen molar-refractivity contribution in [3.63, 3.8) is 0 Å². The van der Waals surface area contributed by atoms with Crippen LogP contribution in [0.15, 0.2) is 49.2 Å². The highest BCUT2D eigenvalue weighted by atomic mass is 15.4. The minimum Gasteiger partial charge on any atom is -0.352 e. The number of aromatic nitrogens is 5. The molecular weight excluding hydrogens is 400 g/mol. The van der Waals surface area contributed by atoms with Crippen LogP contribution in [0.25, 0.3) is 27.8 Å². The third-order valence-corrected chi connectivity index (χ3v) is 6.50. The van der Waals surface area contributed by atoms with Crippen LogP contribution in [-0.4, -0.2) is 54.5 Å². The number of piperazine rings is 1. The maximum atomic E-state index is 9.61. The fourth-order valence-electron chi connectivity index (χ4n) is 4.89. The van der Waals surface area contributed by atoms with Crippen LogP contribution in [0.1, 0.15) is 12.0 Å². The van der Waals surface area contributed by atoms with Crippen LogP contribution in [0.4, 0.5) is 5.82 Å². The molecule has 156 valence electrons. The van der Waals surface area contributed by atoms with Crippen molar-refractivity contribution in [1.29, 1.82) is 5.26 Å². The number of pyridine rings is 2. The number of anilines is 1. The van der Waals surface area contributed by atoms with Gasteiger partial charge in [-0.3, -0.25) is 4.68 Å². The minimum atomic E-state index is 0.418. The van der Waals surface area contributed by atoms with E-state index in [2.05, 4.69) is 50.3 Å². The van der Waals surface area contributed by atoms with E-state index in [9.17, 15) is 5.26 Å². The number of nitriles is 1. The van der Waals surface area contributed by atoms with Gasteiger partial charge in [-0.2, -0.15) is 15.5 Å². The van der Waals surface area contributed by atoms with Crippen molar-refractivity contribution in [2.24, 2.45) is 7.05 Å².